The summed E-state index contributed by atoms with van der Waals surface area (Å²) in [4.78, 5) is 36.5. The molecule has 0 aliphatic heterocycles. The van der Waals surface area contributed by atoms with Gasteiger partial charge in [0.25, 0.3) is 5.91 Å². The smallest absolute Gasteiger partial charge is 0.326 e. The van der Waals surface area contributed by atoms with Gasteiger partial charge in [0, 0.05) is 24.5 Å². The Hall–Kier alpha value is -2.99. The summed E-state index contributed by atoms with van der Waals surface area (Å²) in [7, 11) is 0. The van der Waals surface area contributed by atoms with Crippen LogP contribution in [0.3, 0.4) is 0 Å². The summed E-state index contributed by atoms with van der Waals surface area (Å²) in [5, 5.41) is 20.7. The maximum Gasteiger partial charge on any atom is 0.326 e. The highest BCUT2D eigenvalue weighted by atomic mass is 32.2. The number of anilines is 2. The van der Waals surface area contributed by atoms with E-state index in [4.69, 9.17) is 5.73 Å². The molecule has 4 N–H and O–H groups in total. The van der Waals surface area contributed by atoms with E-state index < -0.39 is 23.8 Å². The summed E-state index contributed by atoms with van der Waals surface area (Å²) in [5.41, 5.74) is 6.15. The first-order valence-electron chi connectivity index (χ1n) is 7.60. The van der Waals surface area contributed by atoms with Gasteiger partial charge >= 0.3 is 5.97 Å². The van der Waals surface area contributed by atoms with Gasteiger partial charge in [0.2, 0.25) is 5.91 Å². The van der Waals surface area contributed by atoms with Crippen LogP contribution in [0.15, 0.2) is 36.0 Å². The first-order chi connectivity index (χ1) is 12.3. The first kappa shape index (κ1) is 21.1. The zero-order chi connectivity index (χ0) is 19.7. The van der Waals surface area contributed by atoms with Gasteiger partial charge in [0.1, 0.15) is 17.7 Å². The molecule has 1 unspecified atom stereocenters. The molecule has 8 nitrogen and oxygen atoms in total. The van der Waals surface area contributed by atoms with Crippen LogP contribution in [0.4, 0.5) is 11.4 Å². The Bertz CT molecular complexity index is 740. The number of thioether (sulfide) groups is 1. The maximum atomic E-state index is 12.3. The third-order valence-electron chi connectivity index (χ3n) is 3.35. The van der Waals surface area contributed by atoms with Gasteiger partial charge in [0.15, 0.2) is 0 Å². The first-order valence-corrected chi connectivity index (χ1v) is 8.99. The van der Waals surface area contributed by atoms with Gasteiger partial charge in [-0.2, -0.15) is 17.0 Å². The van der Waals surface area contributed by atoms with Crippen LogP contribution in [-0.4, -0.2) is 40.9 Å². The van der Waals surface area contributed by atoms with Crippen LogP contribution in [0.25, 0.3) is 0 Å². The minimum atomic E-state index is -1.19. The minimum absolute atomic E-state index is 0.218. The van der Waals surface area contributed by atoms with Crippen molar-refractivity contribution in [3.8, 4) is 6.07 Å². The number of nitrogens with one attached hydrogen (secondary N) is 1. The van der Waals surface area contributed by atoms with E-state index >= 15 is 0 Å². The summed E-state index contributed by atoms with van der Waals surface area (Å²) in [6.07, 6.45) is 3.12. The number of nitriles is 1. The molecule has 0 heterocycles. The van der Waals surface area contributed by atoms with Crippen molar-refractivity contribution >= 4 is 40.9 Å². The largest absolute Gasteiger partial charge is 0.480 e. The highest BCUT2D eigenvalue weighted by molar-refractivity contribution is 7.98. The highest BCUT2D eigenvalue weighted by Crippen LogP contribution is 2.18. The van der Waals surface area contributed by atoms with Crippen molar-refractivity contribution in [1.82, 2.24) is 5.32 Å². The second-order valence-electron chi connectivity index (χ2n) is 5.28. The van der Waals surface area contributed by atoms with Crippen molar-refractivity contribution < 1.29 is 19.5 Å². The second-order valence-corrected chi connectivity index (χ2v) is 6.27. The van der Waals surface area contributed by atoms with Gasteiger partial charge in [-0.25, -0.2) is 4.79 Å². The Balaban J connectivity index is 3.06. The number of hydrogen-bond acceptors (Lipinski definition) is 6. The molecule has 0 fully saturated rings. The van der Waals surface area contributed by atoms with Gasteiger partial charge in [-0.05, 0) is 42.7 Å². The number of carboxylic acid groups (broad SMARTS) is 1. The fourth-order valence-electron chi connectivity index (χ4n) is 1.98. The van der Waals surface area contributed by atoms with Crippen molar-refractivity contribution in [2.24, 2.45) is 0 Å². The lowest BCUT2D eigenvalue weighted by molar-refractivity contribution is -0.141. The molecular formula is C17H20N4O4S. The average molecular weight is 376 g/mol. The van der Waals surface area contributed by atoms with Gasteiger partial charge in [-0.3, -0.25) is 14.5 Å². The molecule has 1 aromatic rings. The Kier molecular flexibility index (Phi) is 8.18. The number of nitrogen functional groups attached to an aromatic ring is 1. The highest BCUT2D eigenvalue weighted by Gasteiger charge is 2.22. The van der Waals surface area contributed by atoms with Crippen LogP contribution in [0.1, 0.15) is 13.3 Å². The van der Waals surface area contributed by atoms with E-state index in [2.05, 4.69) is 5.32 Å². The number of carbonyl (C=O) groups excluding carboxylic acids is 2. The normalized spacial score (nSPS) is 12.0. The summed E-state index contributed by atoms with van der Waals surface area (Å²) >= 11 is 1.44. The monoisotopic (exact) mass is 376 g/mol. The standard InChI is InChI=1S/C17H20N4O4S/c1-11(22)21(14-5-3-13(19)4-6-14)10-12(9-18)16(23)20-15(17(24)25)7-8-26-2/h3-6,10,15H,7-8,19H2,1-2H3,(H,20,23)(H,24,25)/b12-10-. The Morgan fingerprint density at radius 2 is 2.00 bits per heavy atom. The van der Waals surface area contributed by atoms with Gasteiger partial charge in [-0.1, -0.05) is 0 Å². The van der Waals surface area contributed by atoms with Crippen LogP contribution in [0, 0.1) is 11.3 Å². The van der Waals surface area contributed by atoms with E-state index in [1.807, 2.05) is 6.26 Å². The molecule has 1 rings (SSSR count). The fraction of sp³-hybridized carbons (Fsp3) is 0.294. The third kappa shape index (κ3) is 6.14. The number of amides is 2. The number of carbonyl (C=O) groups is 3. The molecular weight excluding hydrogens is 356 g/mol. The van der Waals surface area contributed by atoms with Crippen molar-refractivity contribution in [3.63, 3.8) is 0 Å². The van der Waals surface area contributed by atoms with E-state index in [1.54, 1.807) is 30.3 Å². The van der Waals surface area contributed by atoms with Crippen LogP contribution in [0.5, 0.6) is 0 Å². The Labute approximate surface area is 155 Å². The van der Waals surface area contributed by atoms with Crippen LogP contribution < -0.4 is 16.0 Å². The number of rotatable bonds is 8. The predicted molar refractivity (Wildman–Crippen MR) is 100 cm³/mol. The van der Waals surface area contributed by atoms with Crippen molar-refractivity contribution in [1.29, 1.82) is 5.26 Å². The number of nitrogens with two attached hydrogens (primary N) is 1. The molecule has 9 heteroatoms. The predicted octanol–water partition coefficient (Wildman–Crippen LogP) is 1.35. The zero-order valence-corrected chi connectivity index (χ0v) is 15.2. The summed E-state index contributed by atoms with van der Waals surface area (Å²) in [5.74, 6) is -1.93. The van der Waals surface area contributed by atoms with Gasteiger partial charge in [-0.15, -0.1) is 0 Å². The number of hydrogen-bond donors (Lipinski definition) is 3. The molecule has 0 radical (unpaired) electrons. The number of carboxylic acids is 1. The number of benzene rings is 1. The second kappa shape index (κ2) is 10.1. The SMILES string of the molecule is CSCCC(NC(=O)/C(C#N)=C\N(C(C)=O)c1ccc(N)cc1)C(=O)O. The maximum absolute atomic E-state index is 12.3. The average Bonchev–Trinajstić information content (AvgIpc) is 2.59. The molecule has 0 saturated carbocycles. The number of nitrogens with zero attached hydrogens (tertiary/aromatic N) is 2. The van der Waals surface area contributed by atoms with Crippen LogP contribution in [-0.2, 0) is 14.4 Å². The van der Waals surface area contributed by atoms with Crippen LogP contribution in [0.2, 0.25) is 0 Å². The minimum Gasteiger partial charge on any atom is -0.480 e. The molecule has 0 spiro atoms. The van der Waals surface area contributed by atoms with E-state index in [1.165, 1.54) is 18.7 Å². The van der Waals surface area contributed by atoms with Gasteiger partial charge < -0.3 is 16.2 Å². The van der Waals surface area contributed by atoms with E-state index in [9.17, 15) is 24.8 Å². The molecule has 1 atom stereocenters. The molecule has 0 saturated heterocycles. The number of aliphatic carboxylic acids is 1. The van der Waals surface area contributed by atoms with Crippen molar-refractivity contribution in [3.05, 3.63) is 36.0 Å². The van der Waals surface area contributed by atoms with Crippen LogP contribution >= 0.6 is 11.8 Å². The van der Waals surface area contributed by atoms with E-state index in [-0.39, 0.29) is 12.0 Å². The summed E-state index contributed by atoms with van der Waals surface area (Å²) in [6.45, 7) is 1.28. The lowest BCUT2D eigenvalue weighted by Gasteiger charge is -2.18. The van der Waals surface area contributed by atoms with E-state index in [0.717, 1.165) is 11.1 Å². The summed E-state index contributed by atoms with van der Waals surface area (Å²) < 4.78 is 0. The van der Waals surface area contributed by atoms with Crippen molar-refractivity contribution in [2.45, 2.75) is 19.4 Å². The Morgan fingerprint density at radius 3 is 2.46 bits per heavy atom. The quantitative estimate of drug-likeness (QED) is 0.354. The summed E-state index contributed by atoms with van der Waals surface area (Å²) in [6, 6.07) is 6.88. The molecule has 0 bridgehead atoms. The topological polar surface area (TPSA) is 137 Å². The molecule has 26 heavy (non-hydrogen) atoms. The molecule has 1 aromatic carbocycles. The third-order valence-corrected chi connectivity index (χ3v) is 3.99. The lowest BCUT2D eigenvalue weighted by atomic mass is 10.2. The van der Waals surface area contributed by atoms with Crippen molar-refractivity contribution in [2.75, 3.05) is 22.6 Å². The molecule has 0 aromatic heterocycles. The molecule has 2 amide bonds. The van der Waals surface area contributed by atoms with Gasteiger partial charge in [0.05, 0.1) is 0 Å². The molecule has 138 valence electrons. The lowest BCUT2D eigenvalue weighted by Crippen LogP contribution is -2.42. The molecule has 0 aliphatic rings. The molecule has 0 aliphatic carbocycles. The zero-order valence-electron chi connectivity index (χ0n) is 14.4. The fourth-order valence-corrected chi connectivity index (χ4v) is 2.45. The van der Waals surface area contributed by atoms with E-state index in [0.29, 0.717) is 17.1 Å². The Morgan fingerprint density at radius 1 is 1.38 bits per heavy atom.